The lowest BCUT2D eigenvalue weighted by atomic mass is 9.82. The summed E-state index contributed by atoms with van der Waals surface area (Å²) >= 11 is 0. The predicted octanol–water partition coefficient (Wildman–Crippen LogP) is 1.14. The van der Waals surface area contributed by atoms with Crippen LogP contribution in [-0.4, -0.2) is 20.4 Å². The van der Waals surface area contributed by atoms with E-state index in [1.165, 1.54) is 0 Å². The van der Waals surface area contributed by atoms with Crippen molar-refractivity contribution < 1.29 is 22.0 Å². The zero-order chi connectivity index (χ0) is 15.1. The molecule has 2 rings (SSSR count). The molecule has 0 aromatic heterocycles. The van der Waals surface area contributed by atoms with E-state index in [2.05, 4.69) is 5.32 Å². The highest BCUT2D eigenvalue weighted by atomic mass is 32.2. The van der Waals surface area contributed by atoms with Crippen molar-refractivity contribution in [2.24, 2.45) is 11.1 Å². The molecule has 1 aromatic rings. The number of rotatable bonds is 3. The number of primary sulfonamides is 1. The second kappa shape index (κ2) is 5.10. The summed E-state index contributed by atoms with van der Waals surface area (Å²) in [6, 6.07) is 0.898. The number of benzene rings is 1. The van der Waals surface area contributed by atoms with Gasteiger partial charge in [-0.1, -0.05) is 6.92 Å². The minimum absolute atomic E-state index is 0.0695. The Morgan fingerprint density at radius 1 is 1.30 bits per heavy atom. The van der Waals surface area contributed by atoms with Gasteiger partial charge in [0, 0.05) is 12.1 Å². The molecule has 0 aliphatic heterocycles. The van der Waals surface area contributed by atoms with Crippen LogP contribution in [0.1, 0.15) is 30.1 Å². The molecule has 3 N–H and O–H groups in total. The molecule has 1 fully saturated rings. The molecular weight excluding hydrogens is 290 g/mol. The van der Waals surface area contributed by atoms with Gasteiger partial charge in [-0.25, -0.2) is 22.3 Å². The van der Waals surface area contributed by atoms with Crippen LogP contribution >= 0.6 is 0 Å². The van der Waals surface area contributed by atoms with Gasteiger partial charge in [0.2, 0.25) is 10.0 Å². The van der Waals surface area contributed by atoms with E-state index in [9.17, 15) is 22.0 Å². The van der Waals surface area contributed by atoms with Crippen molar-refractivity contribution >= 4 is 15.9 Å². The van der Waals surface area contributed by atoms with Crippen molar-refractivity contribution in [3.05, 3.63) is 29.3 Å². The maximum atomic E-state index is 13.6. The minimum atomic E-state index is -4.36. The molecule has 0 radical (unpaired) electrons. The maximum absolute atomic E-state index is 13.6. The summed E-state index contributed by atoms with van der Waals surface area (Å²) < 4.78 is 49.2. The van der Waals surface area contributed by atoms with Crippen LogP contribution in [0.15, 0.2) is 17.0 Å². The third-order valence-corrected chi connectivity index (χ3v) is 4.21. The van der Waals surface area contributed by atoms with Crippen LogP contribution in [0.2, 0.25) is 0 Å². The largest absolute Gasteiger partial charge is 0.349 e. The highest BCUT2D eigenvalue weighted by molar-refractivity contribution is 7.89. The fourth-order valence-electron chi connectivity index (χ4n) is 2.20. The SMILES string of the molecule is CC1CC(NC(=O)c2cc(S(N)(=O)=O)c(F)cc2F)C1. The second-order valence-electron chi connectivity index (χ2n) is 5.05. The van der Waals surface area contributed by atoms with Crippen LogP contribution in [0.4, 0.5) is 8.78 Å². The van der Waals surface area contributed by atoms with Crippen LogP contribution in [0, 0.1) is 17.6 Å². The number of halogens is 2. The Labute approximate surface area is 115 Å². The number of nitrogens with two attached hydrogens (primary N) is 1. The standard InChI is InChI=1S/C12H14F2N2O3S/c1-6-2-7(3-6)16-12(17)8-4-11(20(15,18)19)10(14)5-9(8)13/h4-7H,2-3H2,1H3,(H,16,17)(H2,15,18,19). The maximum Gasteiger partial charge on any atom is 0.254 e. The molecule has 0 unspecified atom stereocenters. The number of sulfonamides is 1. The van der Waals surface area contributed by atoms with Crippen LogP contribution in [0.25, 0.3) is 0 Å². The monoisotopic (exact) mass is 304 g/mol. The normalized spacial score (nSPS) is 22.2. The lowest BCUT2D eigenvalue weighted by Gasteiger charge is -2.33. The molecule has 0 spiro atoms. The average Bonchev–Trinajstić information content (AvgIpc) is 2.24. The van der Waals surface area contributed by atoms with Crippen molar-refractivity contribution in [1.82, 2.24) is 5.32 Å². The third-order valence-electron chi connectivity index (χ3n) is 3.28. The number of carbonyl (C=O) groups excluding carboxylic acids is 1. The van der Waals surface area contributed by atoms with E-state index in [1.54, 1.807) is 0 Å². The predicted molar refractivity (Wildman–Crippen MR) is 67.4 cm³/mol. The van der Waals surface area contributed by atoms with Gasteiger partial charge in [-0.2, -0.15) is 0 Å². The summed E-state index contributed by atoms with van der Waals surface area (Å²) in [4.78, 5) is 11.0. The highest BCUT2D eigenvalue weighted by Gasteiger charge is 2.28. The van der Waals surface area contributed by atoms with Gasteiger partial charge in [0.15, 0.2) is 0 Å². The molecule has 0 bridgehead atoms. The molecule has 110 valence electrons. The van der Waals surface area contributed by atoms with E-state index in [0.29, 0.717) is 18.1 Å². The summed E-state index contributed by atoms with van der Waals surface area (Å²) in [6.45, 7) is 2.01. The topological polar surface area (TPSA) is 89.3 Å². The van der Waals surface area contributed by atoms with Crippen LogP contribution in [0.3, 0.4) is 0 Å². The van der Waals surface area contributed by atoms with Gasteiger partial charge in [0.25, 0.3) is 5.91 Å². The quantitative estimate of drug-likeness (QED) is 0.877. The van der Waals surface area contributed by atoms with Crippen molar-refractivity contribution in [3.63, 3.8) is 0 Å². The Balaban J connectivity index is 2.29. The molecule has 1 amide bonds. The van der Waals surface area contributed by atoms with Gasteiger partial charge in [0.1, 0.15) is 16.5 Å². The van der Waals surface area contributed by atoms with Crippen LogP contribution < -0.4 is 10.5 Å². The van der Waals surface area contributed by atoms with Gasteiger partial charge in [-0.05, 0) is 24.8 Å². The third kappa shape index (κ3) is 2.96. The number of hydrogen-bond donors (Lipinski definition) is 2. The zero-order valence-corrected chi connectivity index (χ0v) is 11.5. The van der Waals surface area contributed by atoms with E-state index in [4.69, 9.17) is 5.14 Å². The van der Waals surface area contributed by atoms with E-state index in [1.807, 2.05) is 6.92 Å². The number of amides is 1. The van der Waals surface area contributed by atoms with Crippen molar-refractivity contribution in [3.8, 4) is 0 Å². The Morgan fingerprint density at radius 2 is 1.90 bits per heavy atom. The van der Waals surface area contributed by atoms with E-state index in [-0.39, 0.29) is 6.04 Å². The number of nitrogens with one attached hydrogen (secondary N) is 1. The van der Waals surface area contributed by atoms with Crippen molar-refractivity contribution in [1.29, 1.82) is 0 Å². The Kier molecular flexibility index (Phi) is 3.79. The summed E-state index contributed by atoms with van der Waals surface area (Å²) in [5.74, 6) is -2.73. The first-order valence-corrected chi connectivity index (χ1v) is 7.56. The molecule has 0 heterocycles. The molecule has 5 nitrogen and oxygen atoms in total. The molecule has 1 aromatic carbocycles. The molecule has 1 saturated carbocycles. The second-order valence-corrected chi connectivity index (χ2v) is 6.58. The smallest absolute Gasteiger partial charge is 0.254 e. The zero-order valence-electron chi connectivity index (χ0n) is 10.7. The Bertz CT molecular complexity index is 655. The first-order valence-electron chi connectivity index (χ1n) is 6.01. The summed E-state index contributed by atoms with van der Waals surface area (Å²) in [6.07, 6.45) is 1.55. The number of carbonyl (C=O) groups is 1. The fourth-order valence-corrected chi connectivity index (χ4v) is 2.82. The van der Waals surface area contributed by atoms with E-state index >= 15 is 0 Å². The molecule has 0 saturated heterocycles. The summed E-state index contributed by atoms with van der Waals surface area (Å²) in [5, 5.41) is 7.38. The number of hydrogen-bond acceptors (Lipinski definition) is 3. The van der Waals surface area contributed by atoms with Gasteiger partial charge < -0.3 is 5.32 Å². The molecule has 8 heteroatoms. The van der Waals surface area contributed by atoms with Crippen LogP contribution in [-0.2, 0) is 10.0 Å². The first-order chi connectivity index (χ1) is 9.18. The molecule has 1 aliphatic carbocycles. The van der Waals surface area contributed by atoms with Crippen molar-refractivity contribution in [2.45, 2.75) is 30.7 Å². The lowest BCUT2D eigenvalue weighted by Crippen LogP contribution is -2.43. The molecule has 20 heavy (non-hydrogen) atoms. The van der Waals surface area contributed by atoms with Crippen LogP contribution in [0.5, 0.6) is 0 Å². The van der Waals surface area contributed by atoms with Gasteiger partial charge in [-0.3, -0.25) is 4.79 Å². The van der Waals surface area contributed by atoms with E-state index < -0.39 is 38.0 Å². The molecular formula is C12H14F2N2O3S. The average molecular weight is 304 g/mol. The molecule has 0 atom stereocenters. The fraction of sp³-hybridized carbons (Fsp3) is 0.417. The summed E-state index contributed by atoms with van der Waals surface area (Å²) in [5.41, 5.74) is -0.532. The highest BCUT2D eigenvalue weighted by Crippen LogP contribution is 2.27. The lowest BCUT2D eigenvalue weighted by molar-refractivity contribution is 0.0891. The minimum Gasteiger partial charge on any atom is -0.349 e. The van der Waals surface area contributed by atoms with E-state index in [0.717, 1.165) is 12.8 Å². The Hall–Kier alpha value is -1.54. The van der Waals surface area contributed by atoms with Crippen molar-refractivity contribution in [2.75, 3.05) is 0 Å². The summed E-state index contributed by atoms with van der Waals surface area (Å²) in [7, 11) is -4.36. The van der Waals surface area contributed by atoms with Gasteiger partial charge >= 0.3 is 0 Å². The molecule has 1 aliphatic rings. The first kappa shape index (κ1) is 14.9. The van der Waals surface area contributed by atoms with Gasteiger partial charge in [-0.15, -0.1) is 0 Å². The van der Waals surface area contributed by atoms with Gasteiger partial charge in [0.05, 0.1) is 5.56 Å². The Morgan fingerprint density at radius 3 is 2.40 bits per heavy atom.